The highest BCUT2D eigenvalue weighted by atomic mass is 16.6. The van der Waals surface area contributed by atoms with Gasteiger partial charge in [-0.1, -0.05) is 91.5 Å². The van der Waals surface area contributed by atoms with Gasteiger partial charge in [-0.25, -0.2) is 9.59 Å². The molecule has 268 valence electrons. The highest BCUT2D eigenvalue weighted by Gasteiger charge is 2.43. The van der Waals surface area contributed by atoms with Crippen LogP contribution in [0.2, 0.25) is 0 Å². The molecule has 3 aromatic carbocycles. The second-order valence-electron chi connectivity index (χ2n) is 15.3. The van der Waals surface area contributed by atoms with Gasteiger partial charge in [-0.3, -0.25) is 9.59 Å². The molecule has 9 heteroatoms. The second-order valence-corrected chi connectivity index (χ2v) is 15.3. The maximum Gasteiger partial charge on any atom is 0.408 e. The van der Waals surface area contributed by atoms with E-state index in [1.807, 2.05) is 87.5 Å². The summed E-state index contributed by atoms with van der Waals surface area (Å²) in [5, 5.41) is 5.73. The second kappa shape index (κ2) is 16.7. The number of rotatable bonds is 12. The number of hydrogen-bond acceptors (Lipinski definition) is 6. The molecule has 50 heavy (non-hydrogen) atoms. The van der Waals surface area contributed by atoms with Crippen molar-refractivity contribution < 1.29 is 28.7 Å². The lowest BCUT2D eigenvalue weighted by atomic mass is 9.93. The number of carbonyl (C=O) groups excluding carboxylic acids is 4. The number of amides is 3. The molecule has 0 aliphatic rings. The number of alkyl carbamates (subject to hydrolysis) is 1. The standard InChI is InChI=1S/C41H53N3O6/c1-11-28-23-18-24-31(25-28)34(35(45)42-33(37(47)49-40(5,6)7)27-30-21-16-13-17-22-30)44(39(2,3)4)36(46)32(26-29-19-14-12-15-20-29)43-38(48)50-41(8,9)10/h11-25,32-34H,1,26-27H2,2-10H3,(H,42,45)(H,43,48). The summed E-state index contributed by atoms with van der Waals surface area (Å²) in [6.45, 7) is 19.9. The van der Waals surface area contributed by atoms with Crippen LogP contribution in [0.5, 0.6) is 0 Å². The van der Waals surface area contributed by atoms with Gasteiger partial charge in [-0.05, 0) is 90.6 Å². The monoisotopic (exact) mass is 683 g/mol. The largest absolute Gasteiger partial charge is 0.458 e. The molecule has 0 spiro atoms. The van der Waals surface area contributed by atoms with E-state index in [0.29, 0.717) is 5.56 Å². The van der Waals surface area contributed by atoms with Crippen LogP contribution >= 0.6 is 0 Å². The Morgan fingerprint density at radius 1 is 0.700 bits per heavy atom. The third kappa shape index (κ3) is 12.2. The van der Waals surface area contributed by atoms with Crippen LogP contribution in [0.3, 0.4) is 0 Å². The molecule has 0 saturated carbocycles. The third-order valence-corrected chi connectivity index (χ3v) is 7.49. The molecule has 0 heterocycles. The van der Waals surface area contributed by atoms with Crippen molar-refractivity contribution in [2.24, 2.45) is 0 Å². The van der Waals surface area contributed by atoms with Crippen molar-refractivity contribution in [1.82, 2.24) is 15.5 Å². The maximum absolute atomic E-state index is 14.9. The van der Waals surface area contributed by atoms with Crippen molar-refractivity contribution in [3.8, 4) is 0 Å². The Hall–Kier alpha value is -4.92. The zero-order chi connectivity index (χ0) is 37.3. The fourth-order valence-corrected chi connectivity index (χ4v) is 5.45. The van der Waals surface area contributed by atoms with Gasteiger partial charge in [0, 0.05) is 18.4 Å². The quantitative estimate of drug-likeness (QED) is 0.195. The summed E-state index contributed by atoms with van der Waals surface area (Å²) < 4.78 is 11.3. The van der Waals surface area contributed by atoms with Crippen molar-refractivity contribution in [2.75, 3.05) is 0 Å². The molecule has 3 rings (SSSR count). The fourth-order valence-electron chi connectivity index (χ4n) is 5.45. The molecular weight excluding hydrogens is 630 g/mol. The van der Waals surface area contributed by atoms with E-state index in [4.69, 9.17) is 9.47 Å². The number of carbonyl (C=O) groups is 4. The Balaban J connectivity index is 2.16. The summed E-state index contributed by atoms with van der Waals surface area (Å²) in [6.07, 6.45) is 1.20. The van der Waals surface area contributed by atoms with Crippen molar-refractivity contribution >= 4 is 30.0 Å². The lowest BCUT2D eigenvalue weighted by molar-refractivity contribution is -0.159. The molecule has 3 aromatic rings. The van der Waals surface area contributed by atoms with Gasteiger partial charge in [-0.2, -0.15) is 0 Å². The van der Waals surface area contributed by atoms with Crippen molar-refractivity contribution in [1.29, 1.82) is 0 Å². The lowest BCUT2D eigenvalue weighted by Gasteiger charge is -2.43. The van der Waals surface area contributed by atoms with E-state index in [2.05, 4.69) is 17.2 Å². The topological polar surface area (TPSA) is 114 Å². The van der Waals surface area contributed by atoms with E-state index in [9.17, 15) is 19.2 Å². The van der Waals surface area contributed by atoms with Crippen molar-refractivity contribution in [3.05, 3.63) is 114 Å². The number of nitrogens with zero attached hydrogens (tertiary/aromatic N) is 1. The molecule has 0 saturated heterocycles. The van der Waals surface area contributed by atoms with E-state index in [0.717, 1.165) is 16.7 Å². The molecule has 0 radical (unpaired) electrons. The first-order valence-electron chi connectivity index (χ1n) is 16.9. The van der Waals surface area contributed by atoms with Crippen molar-refractivity contribution in [2.45, 2.75) is 110 Å². The molecule has 0 aliphatic carbocycles. The van der Waals surface area contributed by atoms with E-state index >= 15 is 0 Å². The van der Waals surface area contributed by atoms with Gasteiger partial charge in [-0.15, -0.1) is 0 Å². The number of hydrogen-bond donors (Lipinski definition) is 2. The Kier molecular flexibility index (Phi) is 13.2. The van der Waals surface area contributed by atoms with E-state index < -0.39 is 58.7 Å². The van der Waals surface area contributed by atoms with Gasteiger partial charge in [0.1, 0.15) is 29.3 Å². The molecule has 2 N–H and O–H groups in total. The van der Waals surface area contributed by atoms with Crippen LogP contribution in [0.25, 0.3) is 6.08 Å². The molecule has 3 atom stereocenters. The van der Waals surface area contributed by atoms with Gasteiger partial charge in [0.15, 0.2) is 0 Å². The van der Waals surface area contributed by atoms with Gasteiger partial charge in [0.05, 0.1) is 0 Å². The Morgan fingerprint density at radius 2 is 1.22 bits per heavy atom. The van der Waals surface area contributed by atoms with Gasteiger partial charge in [0.2, 0.25) is 11.8 Å². The zero-order valence-corrected chi connectivity index (χ0v) is 30.9. The van der Waals surface area contributed by atoms with Crippen molar-refractivity contribution in [3.63, 3.8) is 0 Å². The van der Waals surface area contributed by atoms with Gasteiger partial charge in [0.25, 0.3) is 0 Å². The number of nitrogens with one attached hydrogen (secondary N) is 2. The summed E-state index contributed by atoms with van der Waals surface area (Å²) >= 11 is 0. The van der Waals surface area contributed by atoms with Crippen LogP contribution < -0.4 is 10.6 Å². The molecule has 0 fully saturated rings. The van der Waals surface area contributed by atoms with Crippen LogP contribution in [0.4, 0.5) is 4.79 Å². The SMILES string of the molecule is C=Cc1cccc(C(C(=O)NC(Cc2ccccc2)C(=O)OC(C)(C)C)N(C(=O)C(Cc2ccccc2)NC(=O)OC(C)(C)C)C(C)(C)C)c1. The number of esters is 1. The van der Waals surface area contributed by atoms with Gasteiger partial charge >= 0.3 is 12.1 Å². The summed E-state index contributed by atoms with van der Waals surface area (Å²) in [5.74, 6) is -1.69. The van der Waals surface area contributed by atoms with Crippen LogP contribution in [0.15, 0.2) is 91.5 Å². The molecule has 3 amide bonds. The zero-order valence-electron chi connectivity index (χ0n) is 30.9. The highest BCUT2D eigenvalue weighted by molar-refractivity contribution is 5.94. The van der Waals surface area contributed by atoms with Gasteiger partial charge < -0.3 is 25.0 Å². The fraction of sp³-hybridized carbons (Fsp3) is 0.415. The minimum atomic E-state index is -1.22. The third-order valence-electron chi connectivity index (χ3n) is 7.49. The Morgan fingerprint density at radius 3 is 1.70 bits per heavy atom. The summed E-state index contributed by atoms with van der Waals surface area (Å²) in [6, 6.07) is 22.4. The predicted molar refractivity (Wildman–Crippen MR) is 197 cm³/mol. The first kappa shape index (κ1) is 39.5. The maximum atomic E-state index is 14.9. The van der Waals surface area contributed by atoms with E-state index in [1.165, 1.54) is 4.90 Å². The number of ether oxygens (including phenoxy) is 2. The lowest BCUT2D eigenvalue weighted by Crippen LogP contribution is -2.60. The number of benzene rings is 3. The average Bonchev–Trinajstić information content (AvgIpc) is 3.01. The highest BCUT2D eigenvalue weighted by Crippen LogP contribution is 2.32. The van der Waals surface area contributed by atoms with Crippen LogP contribution in [-0.2, 0) is 36.7 Å². The molecule has 0 aliphatic heterocycles. The normalized spacial score (nSPS) is 13.6. The van der Waals surface area contributed by atoms with E-state index in [-0.39, 0.29) is 12.8 Å². The Labute approximate surface area is 297 Å². The molecule has 0 aromatic heterocycles. The molecule has 9 nitrogen and oxygen atoms in total. The summed E-state index contributed by atoms with van der Waals surface area (Å²) in [7, 11) is 0. The minimum Gasteiger partial charge on any atom is -0.458 e. The van der Waals surface area contributed by atoms with Crippen LogP contribution in [0.1, 0.15) is 90.6 Å². The van der Waals surface area contributed by atoms with E-state index in [1.54, 1.807) is 65.8 Å². The van der Waals surface area contributed by atoms with Crippen LogP contribution in [0, 0.1) is 0 Å². The average molecular weight is 684 g/mol. The summed E-state index contributed by atoms with van der Waals surface area (Å²) in [4.78, 5) is 57.9. The first-order valence-corrected chi connectivity index (χ1v) is 16.9. The molecule has 0 bridgehead atoms. The van der Waals surface area contributed by atoms with Crippen LogP contribution in [-0.4, -0.2) is 57.6 Å². The first-order chi connectivity index (χ1) is 23.3. The predicted octanol–water partition coefficient (Wildman–Crippen LogP) is 7.20. The minimum absolute atomic E-state index is 0.140. The Bertz CT molecular complexity index is 1620. The summed E-state index contributed by atoms with van der Waals surface area (Å²) in [5.41, 5.74) is 0.301. The molecular formula is C41H53N3O6. The smallest absolute Gasteiger partial charge is 0.408 e. The molecule has 3 unspecified atom stereocenters.